The Morgan fingerprint density at radius 2 is 2.19 bits per heavy atom. The lowest BCUT2D eigenvalue weighted by Crippen LogP contribution is -2.20. The van der Waals surface area contributed by atoms with Crippen LogP contribution in [0, 0.1) is 0 Å². The van der Waals surface area contributed by atoms with Gasteiger partial charge in [0.25, 0.3) is 0 Å². The summed E-state index contributed by atoms with van der Waals surface area (Å²) in [7, 11) is -3.43. The molecule has 3 N–H and O–H groups in total. The largest absolute Gasteiger partial charge is 0.369 e. The van der Waals surface area contributed by atoms with Crippen molar-refractivity contribution in [2.75, 3.05) is 11.0 Å². The number of anilines is 1. The summed E-state index contributed by atoms with van der Waals surface area (Å²) in [6.45, 7) is 1.58. The lowest BCUT2D eigenvalue weighted by molar-refractivity contribution is -0.119. The van der Waals surface area contributed by atoms with Gasteiger partial charge in [0.05, 0.1) is 17.9 Å². The third kappa shape index (κ3) is 3.46. The Labute approximate surface area is 93.1 Å². The Morgan fingerprint density at radius 1 is 1.56 bits per heavy atom. The molecule has 8 heteroatoms. The average molecular weight is 244 g/mol. The van der Waals surface area contributed by atoms with Crippen LogP contribution in [0.25, 0.3) is 0 Å². The number of carbonyl (C=O) groups is 1. The van der Waals surface area contributed by atoms with Gasteiger partial charge in [0.15, 0.2) is 0 Å². The third-order valence-corrected chi connectivity index (χ3v) is 2.38. The van der Waals surface area contributed by atoms with Crippen LogP contribution in [-0.2, 0) is 14.8 Å². The van der Waals surface area contributed by atoms with E-state index in [0.717, 1.165) is 6.26 Å². The van der Waals surface area contributed by atoms with Crippen LogP contribution >= 0.6 is 0 Å². The van der Waals surface area contributed by atoms with Gasteiger partial charge in [-0.05, 0) is 13.0 Å². The van der Waals surface area contributed by atoms with Crippen LogP contribution in [0.5, 0.6) is 0 Å². The first kappa shape index (κ1) is 12.4. The number of hydrogen-bond donors (Lipinski definition) is 2. The quantitative estimate of drug-likeness (QED) is 0.736. The minimum atomic E-state index is -3.43. The maximum atomic E-state index is 10.9. The number of nitrogens with one attached hydrogen (secondary N) is 1. The summed E-state index contributed by atoms with van der Waals surface area (Å²) in [5.41, 5.74) is 5.48. The van der Waals surface area contributed by atoms with Gasteiger partial charge >= 0.3 is 0 Å². The average Bonchev–Trinajstić information content (AvgIpc) is 2.14. The molecule has 7 nitrogen and oxygen atoms in total. The van der Waals surface area contributed by atoms with Gasteiger partial charge in [-0.3, -0.25) is 9.52 Å². The summed E-state index contributed by atoms with van der Waals surface area (Å²) in [5.74, 6) is -1.21. The predicted octanol–water partition coefficient (Wildman–Crippen LogP) is -0.563. The topological polar surface area (TPSA) is 115 Å². The summed E-state index contributed by atoms with van der Waals surface area (Å²) >= 11 is 0. The van der Waals surface area contributed by atoms with Crippen molar-refractivity contribution in [1.82, 2.24) is 9.97 Å². The predicted molar refractivity (Wildman–Crippen MR) is 58.1 cm³/mol. The summed E-state index contributed by atoms with van der Waals surface area (Å²) in [6, 6.07) is 1.50. The first-order valence-electron chi connectivity index (χ1n) is 4.39. The molecule has 0 aliphatic rings. The molecule has 0 saturated carbocycles. The second-order valence-electron chi connectivity index (χ2n) is 3.30. The zero-order valence-electron chi connectivity index (χ0n) is 8.84. The fraction of sp³-hybridized carbons (Fsp3) is 0.375. The van der Waals surface area contributed by atoms with Crippen molar-refractivity contribution < 1.29 is 13.2 Å². The van der Waals surface area contributed by atoms with E-state index >= 15 is 0 Å². The number of amides is 1. The molecule has 1 amide bonds. The Bertz CT molecular complexity index is 500. The second kappa shape index (κ2) is 4.44. The standard InChI is InChI=1S/C8H12N4O3S/c1-5(7(9)13)6-3-4-10-8(11-6)12-16(2,14)15/h3-5H,1-2H3,(H2,9,13)(H,10,11,12). The van der Waals surface area contributed by atoms with E-state index < -0.39 is 21.8 Å². The van der Waals surface area contributed by atoms with Crippen LogP contribution in [0.2, 0.25) is 0 Å². The first-order chi connectivity index (χ1) is 7.29. The molecule has 1 heterocycles. The van der Waals surface area contributed by atoms with Crippen LogP contribution in [0.4, 0.5) is 5.95 Å². The number of carbonyl (C=O) groups excluding carboxylic acids is 1. The highest BCUT2D eigenvalue weighted by Crippen LogP contribution is 2.12. The number of sulfonamides is 1. The number of primary amides is 1. The Balaban J connectivity index is 3.00. The first-order valence-corrected chi connectivity index (χ1v) is 6.29. The Kier molecular flexibility index (Phi) is 3.43. The zero-order valence-corrected chi connectivity index (χ0v) is 9.65. The molecule has 1 rings (SSSR count). The van der Waals surface area contributed by atoms with Gasteiger partial charge in [-0.1, -0.05) is 0 Å². The molecule has 1 unspecified atom stereocenters. The van der Waals surface area contributed by atoms with Crippen molar-refractivity contribution in [3.63, 3.8) is 0 Å². The van der Waals surface area contributed by atoms with Crippen molar-refractivity contribution >= 4 is 21.9 Å². The van der Waals surface area contributed by atoms with Gasteiger partial charge < -0.3 is 5.73 Å². The third-order valence-electron chi connectivity index (χ3n) is 1.82. The van der Waals surface area contributed by atoms with Gasteiger partial charge in [0.1, 0.15) is 0 Å². The van der Waals surface area contributed by atoms with Crippen molar-refractivity contribution in [2.45, 2.75) is 12.8 Å². The van der Waals surface area contributed by atoms with E-state index in [1.807, 2.05) is 0 Å². The minimum Gasteiger partial charge on any atom is -0.369 e. The van der Waals surface area contributed by atoms with Crippen LogP contribution < -0.4 is 10.5 Å². The maximum Gasteiger partial charge on any atom is 0.236 e. The van der Waals surface area contributed by atoms with E-state index in [1.165, 1.54) is 12.3 Å². The van der Waals surface area contributed by atoms with E-state index in [2.05, 4.69) is 14.7 Å². The van der Waals surface area contributed by atoms with Crippen molar-refractivity contribution in [1.29, 1.82) is 0 Å². The van der Waals surface area contributed by atoms with Gasteiger partial charge in [-0.2, -0.15) is 0 Å². The number of aromatic nitrogens is 2. The molecule has 0 aliphatic carbocycles. The van der Waals surface area contributed by atoms with Crippen molar-refractivity contribution in [2.24, 2.45) is 5.73 Å². The lowest BCUT2D eigenvalue weighted by Gasteiger charge is -2.08. The molecule has 16 heavy (non-hydrogen) atoms. The highest BCUT2D eigenvalue weighted by Gasteiger charge is 2.14. The molecule has 0 fully saturated rings. The summed E-state index contributed by atoms with van der Waals surface area (Å²) < 4.78 is 24.0. The number of nitrogens with two attached hydrogens (primary N) is 1. The van der Waals surface area contributed by atoms with E-state index in [9.17, 15) is 13.2 Å². The molecule has 1 aromatic rings. The van der Waals surface area contributed by atoms with E-state index in [-0.39, 0.29) is 5.95 Å². The number of hydrogen-bond acceptors (Lipinski definition) is 5. The van der Waals surface area contributed by atoms with Crippen LogP contribution in [0.1, 0.15) is 18.5 Å². The lowest BCUT2D eigenvalue weighted by atomic mass is 10.1. The summed E-state index contributed by atoms with van der Waals surface area (Å²) in [4.78, 5) is 18.5. The highest BCUT2D eigenvalue weighted by molar-refractivity contribution is 7.91. The van der Waals surface area contributed by atoms with Crippen LogP contribution in [0.15, 0.2) is 12.3 Å². The Morgan fingerprint density at radius 3 is 2.69 bits per heavy atom. The molecule has 0 saturated heterocycles. The van der Waals surface area contributed by atoms with Crippen molar-refractivity contribution in [3.05, 3.63) is 18.0 Å². The highest BCUT2D eigenvalue weighted by atomic mass is 32.2. The summed E-state index contributed by atoms with van der Waals surface area (Å²) in [5, 5.41) is 0. The number of nitrogens with zero attached hydrogens (tertiary/aromatic N) is 2. The SMILES string of the molecule is CC(C(N)=O)c1ccnc(NS(C)(=O)=O)n1. The van der Waals surface area contributed by atoms with E-state index in [4.69, 9.17) is 5.73 Å². The second-order valence-corrected chi connectivity index (χ2v) is 5.05. The summed E-state index contributed by atoms with van der Waals surface area (Å²) in [6.07, 6.45) is 2.34. The molecule has 0 aliphatic heterocycles. The molecular formula is C8H12N4O3S. The molecule has 0 aromatic carbocycles. The molecule has 1 aromatic heterocycles. The van der Waals surface area contributed by atoms with Gasteiger partial charge in [0.2, 0.25) is 21.9 Å². The maximum absolute atomic E-state index is 10.9. The normalized spacial score (nSPS) is 13.1. The van der Waals surface area contributed by atoms with Crippen molar-refractivity contribution in [3.8, 4) is 0 Å². The van der Waals surface area contributed by atoms with E-state index in [1.54, 1.807) is 6.92 Å². The Hall–Kier alpha value is -1.70. The fourth-order valence-corrected chi connectivity index (χ4v) is 1.40. The molecule has 88 valence electrons. The number of rotatable bonds is 4. The smallest absolute Gasteiger partial charge is 0.236 e. The molecule has 1 atom stereocenters. The monoisotopic (exact) mass is 244 g/mol. The van der Waals surface area contributed by atoms with Gasteiger partial charge in [-0.15, -0.1) is 0 Å². The zero-order chi connectivity index (χ0) is 12.3. The molecule has 0 bridgehead atoms. The molecule has 0 radical (unpaired) electrons. The minimum absolute atomic E-state index is 0.0758. The van der Waals surface area contributed by atoms with E-state index in [0.29, 0.717) is 5.69 Å². The van der Waals surface area contributed by atoms with Gasteiger partial charge in [-0.25, -0.2) is 18.4 Å². The van der Waals surface area contributed by atoms with Crippen LogP contribution in [0.3, 0.4) is 0 Å². The fourth-order valence-electron chi connectivity index (χ4n) is 0.975. The van der Waals surface area contributed by atoms with Crippen LogP contribution in [-0.4, -0.2) is 30.5 Å². The van der Waals surface area contributed by atoms with Gasteiger partial charge in [0, 0.05) is 6.20 Å². The molecule has 0 spiro atoms. The molecular weight excluding hydrogens is 232 g/mol.